The molecule has 0 saturated heterocycles. The summed E-state index contributed by atoms with van der Waals surface area (Å²) in [6.45, 7) is 1.71. The Morgan fingerprint density at radius 3 is 3.00 bits per heavy atom. The van der Waals surface area contributed by atoms with Gasteiger partial charge in [0, 0.05) is 30.8 Å². The van der Waals surface area contributed by atoms with Crippen LogP contribution in [-0.4, -0.2) is 30.6 Å². The van der Waals surface area contributed by atoms with Gasteiger partial charge in [0.05, 0.1) is 18.4 Å². The van der Waals surface area contributed by atoms with Gasteiger partial charge in [-0.1, -0.05) is 18.2 Å². The first-order valence-corrected chi connectivity index (χ1v) is 7.57. The van der Waals surface area contributed by atoms with Crippen LogP contribution in [0, 0.1) is 0 Å². The minimum atomic E-state index is 0.439. The highest BCUT2D eigenvalue weighted by Crippen LogP contribution is 2.12. The highest BCUT2D eigenvalue weighted by molar-refractivity contribution is 5.30. The van der Waals surface area contributed by atoms with E-state index in [9.17, 15) is 0 Å². The van der Waals surface area contributed by atoms with Crippen LogP contribution in [0.4, 0.5) is 0 Å². The minimum absolute atomic E-state index is 0.439. The van der Waals surface area contributed by atoms with Crippen LogP contribution in [0.1, 0.15) is 17.8 Å². The first kappa shape index (κ1) is 13.2. The van der Waals surface area contributed by atoms with Gasteiger partial charge >= 0.3 is 0 Å². The van der Waals surface area contributed by atoms with Gasteiger partial charge in [-0.15, -0.1) is 0 Å². The van der Waals surface area contributed by atoms with Gasteiger partial charge in [-0.3, -0.25) is 0 Å². The van der Waals surface area contributed by atoms with E-state index in [1.807, 2.05) is 33.8 Å². The van der Waals surface area contributed by atoms with E-state index < -0.39 is 0 Å². The maximum atomic E-state index is 4.43. The van der Waals surface area contributed by atoms with Gasteiger partial charge in [0.2, 0.25) is 0 Å². The molecule has 0 spiro atoms. The molecule has 1 aliphatic heterocycles. The van der Waals surface area contributed by atoms with Gasteiger partial charge in [0.15, 0.2) is 0 Å². The van der Waals surface area contributed by atoms with E-state index in [1.54, 1.807) is 6.33 Å². The average Bonchev–Trinajstić information content (AvgIpc) is 3.22. The van der Waals surface area contributed by atoms with E-state index in [2.05, 4.69) is 38.8 Å². The molecule has 2 aromatic heterocycles. The molecule has 1 atom stereocenters. The number of hydrogen-bond donors (Lipinski definition) is 1. The summed E-state index contributed by atoms with van der Waals surface area (Å²) in [6, 6.07) is 10.6. The topological polar surface area (TPSA) is 60.6 Å². The molecule has 0 amide bonds. The summed E-state index contributed by atoms with van der Waals surface area (Å²) in [5.74, 6) is 1.09. The third-order valence-electron chi connectivity index (χ3n) is 4.06. The van der Waals surface area contributed by atoms with Crippen molar-refractivity contribution in [3.05, 3.63) is 60.4 Å². The van der Waals surface area contributed by atoms with Crippen molar-refractivity contribution in [2.24, 2.45) is 0 Å². The van der Waals surface area contributed by atoms with Crippen molar-refractivity contribution in [1.29, 1.82) is 0 Å². The van der Waals surface area contributed by atoms with Crippen LogP contribution in [-0.2, 0) is 19.5 Å². The lowest BCUT2D eigenvalue weighted by Crippen LogP contribution is -2.37. The fourth-order valence-corrected chi connectivity index (χ4v) is 2.84. The second-order valence-electron chi connectivity index (χ2n) is 5.60. The molecule has 6 nitrogen and oxygen atoms in total. The van der Waals surface area contributed by atoms with E-state index in [1.165, 1.54) is 5.56 Å². The van der Waals surface area contributed by atoms with E-state index in [4.69, 9.17) is 0 Å². The molecule has 1 aromatic carbocycles. The Labute approximate surface area is 128 Å². The van der Waals surface area contributed by atoms with Crippen molar-refractivity contribution in [2.75, 3.05) is 0 Å². The number of fused-ring (bicyclic) bond motifs is 1. The van der Waals surface area contributed by atoms with Gasteiger partial charge < -0.3 is 5.32 Å². The van der Waals surface area contributed by atoms with Crippen LogP contribution in [0.2, 0.25) is 0 Å². The van der Waals surface area contributed by atoms with Crippen LogP contribution < -0.4 is 5.32 Å². The number of aryl methyl sites for hydroxylation is 1. The summed E-state index contributed by atoms with van der Waals surface area (Å²) in [6.07, 6.45) is 7.73. The molecule has 4 rings (SSSR count). The Balaban J connectivity index is 1.38. The molecule has 1 N–H and O–H groups in total. The van der Waals surface area contributed by atoms with Crippen molar-refractivity contribution >= 4 is 0 Å². The lowest BCUT2D eigenvalue weighted by atomic mass is 10.1. The number of hydrogen-bond acceptors (Lipinski definition) is 4. The summed E-state index contributed by atoms with van der Waals surface area (Å²) in [4.78, 5) is 4.26. The summed E-state index contributed by atoms with van der Waals surface area (Å²) >= 11 is 0. The summed E-state index contributed by atoms with van der Waals surface area (Å²) < 4.78 is 3.90. The lowest BCUT2D eigenvalue weighted by molar-refractivity contribution is 0.358. The SMILES string of the molecule is c1ccc(-n2cc(CN[C@@H]3CCc4ncnn4C3)cn2)cc1. The molecule has 0 aliphatic carbocycles. The smallest absolute Gasteiger partial charge is 0.138 e. The largest absolute Gasteiger partial charge is 0.308 e. The van der Waals surface area contributed by atoms with Gasteiger partial charge in [0.1, 0.15) is 12.2 Å². The monoisotopic (exact) mass is 294 g/mol. The van der Waals surface area contributed by atoms with Crippen LogP contribution >= 0.6 is 0 Å². The zero-order chi connectivity index (χ0) is 14.8. The zero-order valence-electron chi connectivity index (χ0n) is 12.3. The maximum Gasteiger partial charge on any atom is 0.138 e. The van der Waals surface area contributed by atoms with E-state index in [-0.39, 0.29) is 0 Å². The van der Waals surface area contributed by atoms with Gasteiger partial charge in [-0.2, -0.15) is 10.2 Å². The fraction of sp³-hybridized carbons (Fsp3) is 0.312. The normalized spacial score (nSPS) is 17.4. The predicted molar refractivity (Wildman–Crippen MR) is 82.5 cm³/mol. The number of rotatable bonds is 4. The van der Waals surface area contributed by atoms with E-state index in [0.29, 0.717) is 6.04 Å². The lowest BCUT2D eigenvalue weighted by Gasteiger charge is -2.23. The molecule has 6 heteroatoms. The maximum absolute atomic E-state index is 4.43. The van der Waals surface area contributed by atoms with Crippen LogP contribution in [0.15, 0.2) is 49.1 Å². The molecule has 3 heterocycles. The molecule has 0 unspecified atom stereocenters. The van der Waals surface area contributed by atoms with Crippen LogP contribution in [0.25, 0.3) is 5.69 Å². The number of para-hydroxylation sites is 1. The Morgan fingerprint density at radius 1 is 1.18 bits per heavy atom. The highest BCUT2D eigenvalue weighted by atomic mass is 15.3. The van der Waals surface area contributed by atoms with Crippen molar-refractivity contribution < 1.29 is 0 Å². The molecule has 0 fully saturated rings. The molecule has 0 bridgehead atoms. The van der Waals surface area contributed by atoms with Gasteiger partial charge in [-0.05, 0) is 18.6 Å². The summed E-state index contributed by atoms with van der Waals surface area (Å²) in [7, 11) is 0. The standard InChI is InChI=1S/C16H18N6/c1-2-4-15(5-3-1)21-10-13(9-19-21)8-17-14-6-7-16-18-12-20-22(16)11-14/h1-5,9-10,12,14,17H,6-8,11H2/t14-/m1/s1. The molecule has 0 saturated carbocycles. The Morgan fingerprint density at radius 2 is 2.09 bits per heavy atom. The predicted octanol–water partition coefficient (Wildman–Crippen LogP) is 1.57. The van der Waals surface area contributed by atoms with Gasteiger partial charge in [-0.25, -0.2) is 14.3 Å². The van der Waals surface area contributed by atoms with Crippen molar-refractivity contribution in [3.63, 3.8) is 0 Å². The quantitative estimate of drug-likeness (QED) is 0.793. The number of nitrogens with zero attached hydrogens (tertiary/aromatic N) is 5. The number of aromatic nitrogens is 5. The second kappa shape index (κ2) is 5.73. The Hall–Kier alpha value is -2.47. The molecular weight excluding hydrogens is 276 g/mol. The summed E-state index contributed by atoms with van der Waals surface area (Å²) in [5.41, 5.74) is 2.27. The fourth-order valence-electron chi connectivity index (χ4n) is 2.84. The van der Waals surface area contributed by atoms with E-state index >= 15 is 0 Å². The van der Waals surface area contributed by atoms with Crippen LogP contribution in [0.5, 0.6) is 0 Å². The first-order chi connectivity index (χ1) is 10.9. The second-order valence-corrected chi connectivity index (χ2v) is 5.60. The Bertz CT molecular complexity index is 745. The molecule has 112 valence electrons. The Kier molecular flexibility index (Phi) is 3.44. The van der Waals surface area contributed by atoms with Gasteiger partial charge in [0.25, 0.3) is 0 Å². The average molecular weight is 294 g/mol. The zero-order valence-corrected chi connectivity index (χ0v) is 12.3. The molecule has 1 aliphatic rings. The van der Waals surface area contributed by atoms with Crippen molar-refractivity contribution in [3.8, 4) is 5.69 Å². The molecule has 0 radical (unpaired) electrons. The molecular formula is C16H18N6. The molecule has 3 aromatic rings. The van der Waals surface area contributed by atoms with E-state index in [0.717, 1.165) is 37.4 Å². The van der Waals surface area contributed by atoms with Crippen LogP contribution in [0.3, 0.4) is 0 Å². The number of benzene rings is 1. The third-order valence-corrected chi connectivity index (χ3v) is 4.06. The molecule has 22 heavy (non-hydrogen) atoms. The minimum Gasteiger partial charge on any atom is -0.308 e. The number of nitrogens with one attached hydrogen (secondary N) is 1. The third kappa shape index (κ3) is 2.65. The van der Waals surface area contributed by atoms with Crippen molar-refractivity contribution in [1.82, 2.24) is 29.9 Å². The summed E-state index contributed by atoms with van der Waals surface area (Å²) in [5, 5.41) is 12.3. The highest BCUT2D eigenvalue weighted by Gasteiger charge is 2.19. The first-order valence-electron chi connectivity index (χ1n) is 7.57. The van der Waals surface area contributed by atoms with Crippen molar-refractivity contribution in [2.45, 2.75) is 32.0 Å².